The van der Waals surface area contributed by atoms with Gasteiger partial charge in [-0.2, -0.15) is 9.97 Å². The zero-order valence-electron chi connectivity index (χ0n) is 21.2. The maximum atomic E-state index is 5.15. The van der Waals surface area contributed by atoms with Crippen LogP contribution in [0.1, 0.15) is 0 Å². The molecule has 186 valence electrons. The van der Waals surface area contributed by atoms with E-state index in [-0.39, 0.29) is 0 Å². The van der Waals surface area contributed by atoms with Crippen molar-refractivity contribution in [2.24, 2.45) is 0 Å². The molecule has 3 aromatic heterocycles. The van der Waals surface area contributed by atoms with E-state index in [4.69, 9.17) is 15.0 Å². The third kappa shape index (κ3) is 3.04. The van der Waals surface area contributed by atoms with Gasteiger partial charge in [0.2, 0.25) is 5.95 Å². The third-order valence-corrected chi connectivity index (χ3v) is 8.91. The molecule has 0 aliphatic carbocycles. The van der Waals surface area contributed by atoms with E-state index in [2.05, 4.69) is 89.5 Å². The van der Waals surface area contributed by atoms with Crippen molar-refractivity contribution in [1.29, 1.82) is 0 Å². The van der Waals surface area contributed by atoms with Gasteiger partial charge in [-0.15, -0.1) is 11.3 Å². The molecule has 0 atom stereocenters. The van der Waals surface area contributed by atoms with Crippen LogP contribution in [0, 0.1) is 0 Å². The monoisotopic (exact) mass is 528 g/mol. The summed E-state index contributed by atoms with van der Waals surface area (Å²) in [4.78, 5) is 15.2. The second-order valence-corrected chi connectivity index (χ2v) is 11.2. The Labute approximate surface area is 233 Å². The zero-order valence-corrected chi connectivity index (χ0v) is 22.1. The molecule has 0 N–H and O–H groups in total. The molecule has 40 heavy (non-hydrogen) atoms. The average molecular weight is 529 g/mol. The molecular weight excluding hydrogens is 508 g/mol. The Hall–Kier alpha value is -5.13. The van der Waals surface area contributed by atoms with Gasteiger partial charge in [-0.3, -0.25) is 4.57 Å². The summed E-state index contributed by atoms with van der Waals surface area (Å²) in [6.07, 6.45) is 0. The number of nitrogens with zero attached hydrogens (tertiary/aromatic N) is 4. The molecule has 4 nitrogen and oxygen atoms in total. The van der Waals surface area contributed by atoms with E-state index in [0.717, 1.165) is 22.2 Å². The Morgan fingerprint density at radius 3 is 1.93 bits per heavy atom. The van der Waals surface area contributed by atoms with Gasteiger partial charge in [0, 0.05) is 42.1 Å². The number of rotatable bonds is 3. The minimum atomic E-state index is 0.625. The molecule has 5 heteroatoms. The number of hydrogen-bond acceptors (Lipinski definition) is 4. The van der Waals surface area contributed by atoms with Crippen molar-refractivity contribution in [3.8, 4) is 28.7 Å². The van der Waals surface area contributed by atoms with Crippen LogP contribution in [0.15, 0.2) is 121 Å². The van der Waals surface area contributed by atoms with Crippen molar-refractivity contribution in [2.75, 3.05) is 0 Å². The first-order chi connectivity index (χ1) is 19.8. The summed E-state index contributed by atoms with van der Waals surface area (Å²) in [6, 6.07) is 42.4. The van der Waals surface area contributed by atoms with E-state index in [1.165, 1.54) is 41.7 Å². The molecule has 0 amide bonds. The van der Waals surface area contributed by atoms with Crippen molar-refractivity contribution >= 4 is 64.1 Å². The predicted molar refractivity (Wildman–Crippen MR) is 167 cm³/mol. The van der Waals surface area contributed by atoms with Crippen LogP contribution in [0.5, 0.6) is 0 Å². The maximum Gasteiger partial charge on any atom is 0.238 e. The van der Waals surface area contributed by atoms with Crippen LogP contribution in [-0.4, -0.2) is 19.5 Å². The zero-order chi connectivity index (χ0) is 26.2. The second-order valence-electron chi connectivity index (χ2n) is 10.1. The molecule has 0 fully saturated rings. The molecule has 0 aliphatic rings. The van der Waals surface area contributed by atoms with Crippen LogP contribution < -0.4 is 0 Å². The lowest BCUT2D eigenvalue weighted by Crippen LogP contribution is -2.06. The number of thiophene rings is 1. The summed E-state index contributed by atoms with van der Waals surface area (Å²) in [6.45, 7) is 0. The van der Waals surface area contributed by atoms with Gasteiger partial charge >= 0.3 is 0 Å². The van der Waals surface area contributed by atoms with Gasteiger partial charge in [0.15, 0.2) is 11.6 Å². The SMILES string of the molecule is c1ccc(-c2nc(-c3ccccc3)nc(-n3c4cccc5ccc6cc7sc8ccccc8c7c3c6c54)n2)cc1. The minimum absolute atomic E-state index is 0.625. The van der Waals surface area contributed by atoms with Gasteiger partial charge in [0.25, 0.3) is 0 Å². The first-order valence-corrected chi connectivity index (χ1v) is 14.1. The topological polar surface area (TPSA) is 43.6 Å². The van der Waals surface area contributed by atoms with Crippen LogP contribution in [-0.2, 0) is 0 Å². The van der Waals surface area contributed by atoms with E-state index in [0.29, 0.717) is 17.6 Å². The standard InChI is InChI=1S/C35H20N4S/c1-3-10-22(11-4-1)33-36-34(23-12-5-2-6-13-23)38-35(37-33)39-26-16-9-14-21-18-19-24-20-28-31(32(39)30(24)29(21)26)25-15-7-8-17-27(25)40-28/h1-20H. The molecule has 0 aliphatic heterocycles. The quantitative estimate of drug-likeness (QED) is 0.215. The Morgan fingerprint density at radius 2 is 1.18 bits per heavy atom. The molecule has 0 bridgehead atoms. The fourth-order valence-corrected chi connectivity index (χ4v) is 7.22. The Morgan fingerprint density at radius 1 is 0.500 bits per heavy atom. The highest BCUT2D eigenvalue weighted by Gasteiger charge is 2.23. The lowest BCUT2D eigenvalue weighted by atomic mass is 10.00. The molecule has 0 saturated carbocycles. The number of benzene rings is 6. The smallest absolute Gasteiger partial charge is 0.238 e. The van der Waals surface area contributed by atoms with Gasteiger partial charge in [-0.25, -0.2) is 4.98 Å². The molecule has 9 aromatic rings. The molecule has 3 heterocycles. The van der Waals surface area contributed by atoms with Crippen molar-refractivity contribution in [1.82, 2.24) is 19.5 Å². The van der Waals surface area contributed by atoms with E-state index in [1.54, 1.807) is 0 Å². The van der Waals surface area contributed by atoms with Crippen LogP contribution in [0.4, 0.5) is 0 Å². The first-order valence-electron chi connectivity index (χ1n) is 13.3. The van der Waals surface area contributed by atoms with Crippen LogP contribution in [0.25, 0.3) is 81.5 Å². The predicted octanol–water partition coefficient (Wildman–Crippen LogP) is 9.26. The molecular formula is C35H20N4S. The van der Waals surface area contributed by atoms with Crippen LogP contribution >= 0.6 is 11.3 Å². The van der Waals surface area contributed by atoms with Crippen molar-refractivity contribution < 1.29 is 0 Å². The fraction of sp³-hybridized carbons (Fsp3) is 0. The van der Waals surface area contributed by atoms with Gasteiger partial charge in [0.05, 0.1) is 11.0 Å². The summed E-state index contributed by atoms with van der Waals surface area (Å²) in [7, 11) is 0. The third-order valence-electron chi connectivity index (χ3n) is 7.79. The van der Waals surface area contributed by atoms with Crippen molar-refractivity contribution in [3.05, 3.63) is 121 Å². The van der Waals surface area contributed by atoms with Crippen molar-refractivity contribution in [3.63, 3.8) is 0 Å². The fourth-order valence-electron chi connectivity index (χ4n) is 6.06. The lowest BCUT2D eigenvalue weighted by molar-refractivity contribution is 0.955. The highest BCUT2D eigenvalue weighted by Crippen LogP contribution is 2.46. The normalized spacial score (nSPS) is 12.0. The number of fused-ring (bicyclic) bond motifs is 4. The van der Waals surface area contributed by atoms with Crippen molar-refractivity contribution in [2.45, 2.75) is 0 Å². The second kappa shape index (κ2) is 8.18. The average Bonchev–Trinajstić information content (AvgIpc) is 3.57. The molecule has 6 aromatic carbocycles. The lowest BCUT2D eigenvalue weighted by Gasteiger charge is -2.11. The molecule has 0 spiro atoms. The number of hydrogen-bond donors (Lipinski definition) is 0. The number of aromatic nitrogens is 4. The summed E-state index contributed by atoms with van der Waals surface area (Å²) in [5.74, 6) is 1.94. The summed E-state index contributed by atoms with van der Waals surface area (Å²) < 4.78 is 4.82. The highest BCUT2D eigenvalue weighted by molar-refractivity contribution is 7.26. The Kier molecular flexibility index (Phi) is 4.45. The summed E-state index contributed by atoms with van der Waals surface area (Å²) in [5.41, 5.74) is 4.18. The minimum Gasteiger partial charge on any atom is -0.277 e. The van der Waals surface area contributed by atoms with Crippen LogP contribution in [0.3, 0.4) is 0 Å². The summed E-state index contributed by atoms with van der Waals surface area (Å²) in [5, 5.41) is 7.46. The van der Waals surface area contributed by atoms with E-state index >= 15 is 0 Å². The maximum absolute atomic E-state index is 5.15. The summed E-state index contributed by atoms with van der Waals surface area (Å²) >= 11 is 1.84. The molecule has 0 radical (unpaired) electrons. The van der Waals surface area contributed by atoms with Gasteiger partial charge in [-0.05, 0) is 29.0 Å². The molecule has 9 rings (SSSR count). The Balaban J connectivity index is 1.49. The van der Waals surface area contributed by atoms with E-state index < -0.39 is 0 Å². The van der Waals surface area contributed by atoms with Gasteiger partial charge in [0.1, 0.15) is 0 Å². The van der Waals surface area contributed by atoms with E-state index in [1.807, 2.05) is 47.7 Å². The molecule has 0 unspecified atom stereocenters. The van der Waals surface area contributed by atoms with Crippen LogP contribution in [0.2, 0.25) is 0 Å². The highest BCUT2D eigenvalue weighted by atomic mass is 32.1. The molecule has 0 saturated heterocycles. The van der Waals surface area contributed by atoms with Gasteiger partial charge < -0.3 is 0 Å². The van der Waals surface area contributed by atoms with E-state index in [9.17, 15) is 0 Å². The van der Waals surface area contributed by atoms with Gasteiger partial charge in [-0.1, -0.05) is 103 Å². The first kappa shape index (κ1) is 21.8. The largest absolute Gasteiger partial charge is 0.277 e. The Bertz CT molecular complexity index is 2310.